The Kier molecular flexibility index (Phi) is 5.66. The molecule has 0 unspecified atom stereocenters. The predicted molar refractivity (Wildman–Crippen MR) is 119 cm³/mol. The molecular formula is C25H24F2N4O2. The lowest BCUT2D eigenvalue weighted by Gasteiger charge is -2.27. The number of rotatable bonds is 6. The Hall–Kier alpha value is -3.55. The van der Waals surface area contributed by atoms with E-state index in [9.17, 15) is 13.6 Å². The van der Waals surface area contributed by atoms with Gasteiger partial charge < -0.3 is 9.30 Å². The zero-order chi connectivity index (χ0) is 22.9. The number of carbonyl (C=O) groups is 1. The van der Waals surface area contributed by atoms with Crippen LogP contribution >= 0.6 is 0 Å². The van der Waals surface area contributed by atoms with Gasteiger partial charge in [0.15, 0.2) is 0 Å². The zero-order valence-corrected chi connectivity index (χ0v) is 18.3. The Balaban J connectivity index is 1.48. The summed E-state index contributed by atoms with van der Waals surface area (Å²) in [6.07, 6.45) is 3.89. The third-order valence-electron chi connectivity index (χ3n) is 6.28. The van der Waals surface area contributed by atoms with Gasteiger partial charge in [0.05, 0.1) is 36.5 Å². The Bertz CT molecular complexity index is 1310. The van der Waals surface area contributed by atoms with Crippen molar-refractivity contribution >= 4 is 16.9 Å². The molecule has 4 aromatic rings. The summed E-state index contributed by atoms with van der Waals surface area (Å²) in [5.41, 5.74) is 4.20. The lowest BCUT2D eigenvalue weighted by Crippen LogP contribution is -2.26. The van der Waals surface area contributed by atoms with Crippen LogP contribution in [0.15, 0.2) is 48.7 Å². The minimum absolute atomic E-state index is 0.0129. The molecule has 1 aliphatic heterocycles. The maximum Gasteiger partial charge on any atom is 0.310 e. The summed E-state index contributed by atoms with van der Waals surface area (Å²) < 4.78 is 37.2. The fourth-order valence-corrected chi connectivity index (χ4v) is 4.84. The normalized spacial score (nSPS) is 15.5. The van der Waals surface area contributed by atoms with Gasteiger partial charge in [-0.25, -0.2) is 13.5 Å². The first kappa shape index (κ1) is 21.3. The van der Waals surface area contributed by atoms with Crippen molar-refractivity contribution in [2.45, 2.75) is 45.2 Å². The van der Waals surface area contributed by atoms with Gasteiger partial charge >= 0.3 is 5.97 Å². The molecule has 0 amide bonds. The number of carbonyl (C=O) groups excluding carboxylic acids is 1. The zero-order valence-electron chi connectivity index (χ0n) is 18.3. The van der Waals surface area contributed by atoms with Crippen molar-refractivity contribution in [3.05, 3.63) is 82.8 Å². The summed E-state index contributed by atoms with van der Waals surface area (Å²) in [5.74, 6) is -0.892. The van der Waals surface area contributed by atoms with Crippen LogP contribution in [-0.4, -0.2) is 32.1 Å². The summed E-state index contributed by atoms with van der Waals surface area (Å²) in [7, 11) is 0. The van der Waals surface area contributed by atoms with Gasteiger partial charge in [-0.15, -0.1) is 5.10 Å². The molecule has 0 spiro atoms. The van der Waals surface area contributed by atoms with E-state index in [0.717, 1.165) is 34.3 Å². The van der Waals surface area contributed by atoms with Crippen molar-refractivity contribution in [1.82, 2.24) is 19.6 Å². The van der Waals surface area contributed by atoms with E-state index in [1.54, 1.807) is 31.3 Å². The van der Waals surface area contributed by atoms with Crippen molar-refractivity contribution in [2.75, 3.05) is 6.61 Å². The highest BCUT2D eigenvalue weighted by atomic mass is 19.1. The van der Waals surface area contributed by atoms with Crippen molar-refractivity contribution in [3.8, 4) is 0 Å². The number of para-hydroxylation sites is 1. The number of halogens is 2. The summed E-state index contributed by atoms with van der Waals surface area (Å²) in [6.45, 7) is 2.61. The average Bonchev–Trinajstić information content (AvgIpc) is 3.39. The second-order valence-electron chi connectivity index (χ2n) is 8.32. The monoisotopic (exact) mass is 450 g/mol. The average molecular weight is 450 g/mol. The van der Waals surface area contributed by atoms with E-state index in [4.69, 9.17) is 4.74 Å². The molecule has 2 aromatic heterocycles. The van der Waals surface area contributed by atoms with E-state index in [-0.39, 0.29) is 30.1 Å². The highest BCUT2D eigenvalue weighted by Crippen LogP contribution is 2.36. The van der Waals surface area contributed by atoms with Crippen LogP contribution in [-0.2, 0) is 35.3 Å². The molecule has 0 radical (unpaired) electrons. The van der Waals surface area contributed by atoms with Gasteiger partial charge in [-0.2, -0.15) is 0 Å². The van der Waals surface area contributed by atoms with Crippen LogP contribution in [0.5, 0.6) is 0 Å². The molecule has 33 heavy (non-hydrogen) atoms. The predicted octanol–water partition coefficient (Wildman–Crippen LogP) is 4.39. The number of nitrogens with zero attached hydrogens (tertiary/aromatic N) is 4. The summed E-state index contributed by atoms with van der Waals surface area (Å²) >= 11 is 0. The molecule has 170 valence electrons. The summed E-state index contributed by atoms with van der Waals surface area (Å²) in [6, 6.07) is 11.4. The molecule has 0 fully saturated rings. The van der Waals surface area contributed by atoms with Crippen molar-refractivity contribution in [3.63, 3.8) is 0 Å². The van der Waals surface area contributed by atoms with Crippen LogP contribution in [0.2, 0.25) is 0 Å². The molecule has 6 nitrogen and oxygen atoms in total. The maximum atomic E-state index is 14.9. The SMILES string of the molecule is CCOC(=O)Cc1c2n(c3c(F)cccc13)C[C@H](n1nncc1Cc1ccc(F)cc1)CC2. The van der Waals surface area contributed by atoms with Gasteiger partial charge in [-0.1, -0.05) is 29.5 Å². The molecule has 0 bridgehead atoms. The molecule has 1 atom stereocenters. The Morgan fingerprint density at radius 3 is 2.79 bits per heavy atom. The van der Waals surface area contributed by atoms with E-state index in [2.05, 4.69) is 10.3 Å². The van der Waals surface area contributed by atoms with Crippen LogP contribution in [0.4, 0.5) is 8.78 Å². The van der Waals surface area contributed by atoms with Crippen LogP contribution in [0.3, 0.4) is 0 Å². The molecule has 0 saturated carbocycles. The molecule has 0 N–H and O–H groups in total. The molecular weight excluding hydrogens is 426 g/mol. The molecule has 8 heteroatoms. The first-order valence-electron chi connectivity index (χ1n) is 11.1. The molecule has 5 rings (SSSR count). The van der Waals surface area contributed by atoms with Crippen LogP contribution in [0, 0.1) is 11.6 Å². The Morgan fingerprint density at radius 2 is 2.00 bits per heavy atom. The maximum absolute atomic E-state index is 14.9. The van der Waals surface area contributed by atoms with Gasteiger partial charge in [0.25, 0.3) is 0 Å². The van der Waals surface area contributed by atoms with Crippen LogP contribution < -0.4 is 0 Å². The lowest BCUT2D eigenvalue weighted by atomic mass is 10.00. The van der Waals surface area contributed by atoms with Crippen LogP contribution in [0.1, 0.15) is 41.9 Å². The van der Waals surface area contributed by atoms with E-state index in [1.165, 1.54) is 18.2 Å². The fraction of sp³-hybridized carbons (Fsp3) is 0.320. The first-order valence-corrected chi connectivity index (χ1v) is 11.1. The van der Waals surface area contributed by atoms with Crippen molar-refractivity contribution in [1.29, 1.82) is 0 Å². The minimum atomic E-state index is -0.311. The Morgan fingerprint density at radius 1 is 1.18 bits per heavy atom. The van der Waals surface area contributed by atoms with Gasteiger partial charge in [0.1, 0.15) is 11.6 Å². The molecule has 0 saturated heterocycles. The van der Waals surface area contributed by atoms with E-state index in [1.807, 2.05) is 15.3 Å². The number of ether oxygens (including phenoxy) is 1. The van der Waals surface area contributed by atoms with E-state index < -0.39 is 0 Å². The Labute approximate surface area is 189 Å². The minimum Gasteiger partial charge on any atom is -0.466 e. The second-order valence-corrected chi connectivity index (χ2v) is 8.32. The smallest absolute Gasteiger partial charge is 0.310 e. The first-order chi connectivity index (χ1) is 16.0. The highest BCUT2D eigenvalue weighted by Gasteiger charge is 2.29. The number of hydrogen-bond acceptors (Lipinski definition) is 4. The second kappa shape index (κ2) is 8.77. The van der Waals surface area contributed by atoms with E-state index in [0.29, 0.717) is 31.5 Å². The quantitative estimate of drug-likeness (QED) is 0.409. The number of aromatic nitrogens is 4. The summed E-state index contributed by atoms with van der Waals surface area (Å²) in [4.78, 5) is 12.2. The van der Waals surface area contributed by atoms with E-state index >= 15 is 0 Å². The van der Waals surface area contributed by atoms with Gasteiger partial charge in [-0.05, 0) is 49.1 Å². The number of esters is 1. The number of hydrogen-bond donors (Lipinski definition) is 0. The lowest BCUT2D eigenvalue weighted by molar-refractivity contribution is -0.142. The summed E-state index contributed by atoms with van der Waals surface area (Å²) in [5, 5.41) is 9.18. The van der Waals surface area contributed by atoms with Gasteiger partial charge in [0, 0.05) is 24.0 Å². The van der Waals surface area contributed by atoms with Crippen LogP contribution in [0.25, 0.3) is 10.9 Å². The highest BCUT2D eigenvalue weighted by molar-refractivity contribution is 5.90. The largest absolute Gasteiger partial charge is 0.466 e. The van der Waals surface area contributed by atoms with Crippen molar-refractivity contribution in [2.24, 2.45) is 0 Å². The third-order valence-corrected chi connectivity index (χ3v) is 6.28. The number of fused-ring (bicyclic) bond motifs is 3. The fourth-order valence-electron chi connectivity index (χ4n) is 4.84. The standard InChI is InChI=1S/C25H24F2N4O2/c1-2-33-24(32)13-21-20-4-3-5-22(27)25(20)30-15-18(10-11-23(21)30)31-19(14-28-29-31)12-16-6-8-17(26)9-7-16/h3-9,14,18H,2,10-13,15H2,1H3/t18-/m1/s1. The van der Waals surface area contributed by atoms with Gasteiger partial charge in [0.2, 0.25) is 0 Å². The van der Waals surface area contributed by atoms with Gasteiger partial charge in [-0.3, -0.25) is 4.79 Å². The topological polar surface area (TPSA) is 61.9 Å². The molecule has 3 heterocycles. The third kappa shape index (κ3) is 4.01. The number of benzene rings is 2. The molecule has 0 aliphatic carbocycles. The molecule has 1 aliphatic rings. The molecule has 2 aromatic carbocycles. The van der Waals surface area contributed by atoms with Crippen molar-refractivity contribution < 1.29 is 18.3 Å².